The molecule has 126 valence electrons. The molecule has 0 spiro atoms. The summed E-state index contributed by atoms with van der Waals surface area (Å²) in [4.78, 5) is 0.0610. The fourth-order valence-corrected chi connectivity index (χ4v) is 3.52. The molecular weight excluding hydrogens is 342 g/mol. The number of benzene rings is 1. The van der Waals surface area contributed by atoms with E-state index in [1.807, 2.05) is 6.07 Å². The van der Waals surface area contributed by atoms with Gasteiger partial charge in [0, 0.05) is 0 Å². The molecule has 6 heteroatoms. The molecule has 1 rings (SSSR count). The van der Waals surface area contributed by atoms with Crippen molar-refractivity contribution in [3.8, 4) is 0 Å². The van der Waals surface area contributed by atoms with Crippen LogP contribution in [0.1, 0.15) is 76.7 Å². The van der Waals surface area contributed by atoms with Crippen LogP contribution in [0.5, 0.6) is 0 Å². The first kappa shape index (κ1) is 27.3. The van der Waals surface area contributed by atoms with Crippen LogP contribution in [0.25, 0.3) is 0 Å². The van der Waals surface area contributed by atoms with Crippen LogP contribution in [-0.2, 0) is 16.5 Å². The Morgan fingerprint density at radius 1 is 0.792 bits per heavy atom. The van der Waals surface area contributed by atoms with Gasteiger partial charge in [0.05, 0.1) is 4.90 Å². The number of hydrogen-bond acceptors (Lipinski definition) is 2. The maximum absolute atomic E-state index is 11.3. The molecule has 1 N–H and O–H groups in total. The van der Waals surface area contributed by atoms with Crippen LogP contribution < -0.4 is 59.1 Å². The summed E-state index contributed by atoms with van der Waals surface area (Å²) >= 11 is 0. The fraction of sp³-hybridized carbons (Fsp3) is 0.667. The van der Waals surface area contributed by atoms with Crippen molar-refractivity contribution < 1.29 is 72.1 Å². The Morgan fingerprint density at radius 2 is 1.25 bits per heavy atom. The first-order valence-corrected chi connectivity index (χ1v) is 10.0. The van der Waals surface area contributed by atoms with Crippen molar-refractivity contribution in [2.75, 3.05) is 0 Å². The minimum Gasteiger partial charge on any atom is -0.282 e. The minimum absolute atomic E-state index is 0. The summed E-state index contributed by atoms with van der Waals surface area (Å²) in [7, 11) is -4.10. The Bertz CT molecular complexity index is 519. The third-order valence-corrected chi connectivity index (χ3v) is 5.00. The summed E-state index contributed by atoms with van der Waals surface area (Å²) in [6.07, 6.45) is 13.3. The molecule has 0 amide bonds. The molecule has 0 saturated heterocycles. The Labute approximate surface area is 192 Å². The van der Waals surface area contributed by atoms with Gasteiger partial charge in [-0.05, 0) is 24.5 Å². The van der Waals surface area contributed by atoms with Gasteiger partial charge in [-0.15, -0.1) is 0 Å². The van der Waals surface area contributed by atoms with Crippen molar-refractivity contribution in [1.82, 2.24) is 0 Å². The Morgan fingerprint density at radius 3 is 1.75 bits per heavy atom. The maximum Gasteiger partial charge on any atom is 1.00 e. The van der Waals surface area contributed by atoms with Gasteiger partial charge >= 0.3 is 59.1 Å². The van der Waals surface area contributed by atoms with E-state index in [4.69, 9.17) is 0 Å². The van der Waals surface area contributed by atoms with E-state index in [2.05, 4.69) is 6.92 Å². The summed E-state index contributed by atoms with van der Waals surface area (Å²) in [5.74, 6) is 0. The van der Waals surface area contributed by atoms with E-state index in [1.165, 1.54) is 57.4 Å². The van der Waals surface area contributed by atoms with Crippen molar-refractivity contribution in [3.63, 3.8) is 0 Å². The SMILES string of the molecule is CCCCCCCCCCCCc1ccccc1S(=O)(=O)O.[Na+].[Na+]. The number of aryl methyl sites for hydroxylation is 1. The second kappa shape index (κ2) is 16.3. The van der Waals surface area contributed by atoms with E-state index < -0.39 is 10.1 Å². The molecule has 0 heterocycles. The molecule has 0 radical (unpaired) electrons. The molecule has 0 unspecified atom stereocenters. The monoisotopic (exact) mass is 372 g/mol. The second-order valence-corrected chi connectivity index (χ2v) is 7.40. The number of rotatable bonds is 12. The van der Waals surface area contributed by atoms with E-state index in [0.29, 0.717) is 6.42 Å². The number of hydrogen-bond donors (Lipinski definition) is 1. The van der Waals surface area contributed by atoms with E-state index >= 15 is 0 Å². The van der Waals surface area contributed by atoms with Crippen molar-refractivity contribution in [3.05, 3.63) is 29.8 Å². The molecule has 0 fully saturated rings. The van der Waals surface area contributed by atoms with Gasteiger partial charge < -0.3 is 0 Å². The molecule has 0 aromatic heterocycles. The summed E-state index contributed by atoms with van der Waals surface area (Å²) in [5.41, 5.74) is 0.726. The average molecular weight is 372 g/mol. The minimum atomic E-state index is -4.10. The van der Waals surface area contributed by atoms with Crippen LogP contribution in [0.2, 0.25) is 0 Å². The predicted molar refractivity (Wildman–Crippen MR) is 91.8 cm³/mol. The standard InChI is InChI=1S/C18H30O3S.2Na/c1-2-3-4-5-6-7-8-9-10-11-14-17-15-12-13-16-18(17)22(19,20)21;;/h12-13,15-16H,2-11,14H2,1H3,(H,19,20,21);;/q;2*+1. The van der Waals surface area contributed by atoms with Gasteiger partial charge in [0.1, 0.15) is 0 Å². The van der Waals surface area contributed by atoms with Crippen molar-refractivity contribution in [1.29, 1.82) is 0 Å². The molecular formula is C18H30Na2O3S+2. The van der Waals surface area contributed by atoms with Crippen LogP contribution >= 0.6 is 0 Å². The summed E-state index contributed by atoms with van der Waals surface area (Å²) in [6.45, 7) is 2.24. The molecule has 0 bridgehead atoms. The molecule has 0 aliphatic rings. The van der Waals surface area contributed by atoms with Gasteiger partial charge in [-0.25, -0.2) is 0 Å². The van der Waals surface area contributed by atoms with Crippen LogP contribution in [0.4, 0.5) is 0 Å². The summed E-state index contributed by atoms with van der Waals surface area (Å²) < 4.78 is 31.8. The van der Waals surface area contributed by atoms with E-state index in [0.717, 1.165) is 18.4 Å². The average Bonchev–Trinajstić information content (AvgIpc) is 2.48. The molecule has 24 heavy (non-hydrogen) atoms. The summed E-state index contributed by atoms with van der Waals surface area (Å²) in [5, 5.41) is 0. The molecule has 0 aliphatic heterocycles. The largest absolute Gasteiger partial charge is 1.00 e. The second-order valence-electron chi connectivity index (χ2n) is 6.01. The number of unbranched alkanes of at least 4 members (excludes halogenated alkanes) is 9. The van der Waals surface area contributed by atoms with Crippen LogP contribution in [-0.4, -0.2) is 13.0 Å². The Hall–Kier alpha value is 1.13. The quantitative estimate of drug-likeness (QED) is 0.303. The van der Waals surface area contributed by atoms with Gasteiger partial charge in [-0.3, -0.25) is 4.55 Å². The van der Waals surface area contributed by atoms with E-state index in [9.17, 15) is 13.0 Å². The van der Waals surface area contributed by atoms with Crippen molar-refractivity contribution in [2.24, 2.45) is 0 Å². The smallest absolute Gasteiger partial charge is 0.282 e. The predicted octanol–water partition coefficient (Wildman–Crippen LogP) is -0.595. The normalized spacial score (nSPS) is 10.8. The first-order chi connectivity index (χ1) is 10.6. The Kier molecular flexibility index (Phi) is 18.6. The molecule has 0 atom stereocenters. The third-order valence-electron chi connectivity index (χ3n) is 4.05. The summed E-state index contributed by atoms with van der Waals surface area (Å²) in [6, 6.07) is 6.73. The zero-order valence-corrected chi connectivity index (χ0v) is 20.6. The zero-order chi connectivity index (χ0) is 16.3. The van der Waals surface area contributed by atoms with Crippen LogP contribution in [0, 0.1) is 0 Å². The van der Waals surface area contributed by atoms with Gasteiger partial charge in [-0.1, -0.05) is 82.9 Å². The van der Waals surface area contributed by atoms with Gasteiger partial charge in [0.25, 0.3) is 10.1 Å². The van der Waals surface area contributed by atoms with Gasteiger partial charge in [-0.2, -0.15) is 8.42 Å². The first-order valence-electron chi connectivity index (χ1n) is 8.61. The maximum atomic E-state index is 11.3. The van der Waals surface area contributed by atoms with Gasteiger partial charge in [0.2, 0.25) is 0 Å². The van der Waals surface area contributed by atoms with E-state index in [-0.39, 0.29) is 64.0 Å². The molecule has 0 aliphatic carbocycles. The van der Waals surface area contributed by atoms with Crippen molar-refractivity contribution in [2.45, 2.75) is 82.4 Å². The van der Waals surface area contributed by atoms with Crippen LogP contribution in [0.3, 0.4) is 0 Å². The van der Waals surface area contributed by atoms with Crippen LogP contribution in [0.15, 0.2) is 29.2 Å². The van der Waals surface area contributed by atoms with E-state index in [1.54, 1.807) is 12.1 Å². The van der Waals surface area contributed by atoms with Gasteiger partial charge in [0.15, 0.2) is 0 Å². The molecule has 1 aromatic carbocycles. The zero-order valence-electron chi connectivity index (χ0n) is 15.8. The molecule has 3 nitrogen and oxygen atoms in total. The molecule has 1 aromatic rings. The third kappa shape index (κ3) is 12.5. The Balaban J connectivity index is 0. The topological polar surface area (TPSA) is 54.4 Å². The van der Waals surface area contributed by atoms with Crippen molar-refractivity contribution >= 4 is 10.1 Å². The fourth-order valence-electron chi connectivity index (χ4n) is 2.76. The molecule has 0 saturated carbocycles.